The Hall–Kier alpha value is -1.66. The van der Waals surface area contributed by atoms with Crippen LogP contribution in [-0.2, 0) is 20.3 Å². The van der Waals surface area contributed by atoms with Gasteiger partial charge in [0.2, 0.25) is 0 Å². The van der Waals surface area contributed by atoms with Crippen LogP contribution in [0.25, 0.3) is 0 Å². The van der Waals surface area contributed by atoms with Crippen molar-refractivity contribution in [2.75, 3.05) is 25.0 Å². The maximum absolute atomic E-state index is 5.60. The number of hydrogen-bond donors (Lipinski definition) is 0. The highest BCUT2D eigenvalue weighted by Gasteiger charge is 2.29. The Balaban J connectivity index is 1.48. The van der Waals surface area contributed by atoms with E-state index in [-0.39, 0.29) is 0 Å². The van der Waals surface area contributed by atoms with Crippen molar-refractivity contribution in [3.05, 3.63) is 40.4 Å². The highest BCUT2D eigenvalue weighted by molar-refractivity contribution is 7.71. The summed E-state index contributed by atoms with van der Waals surface area (Å²) in [7, 11) is 4.20. The third-order valence-corrected chi connectivity index (χ3v) is 6.01. The van der Waals surface area contributed by atoms with Gasteiger partial charge in [-0.25, -0.2) is 4.68 Å². The topological polar surface area (TPSA) is 29.2 Å². The van der Waals surface area contributed by atoms with Crippen LogP contribution in [0.15, 0.2) is 24.3 Å². The lowest BCUT2D eigenvalue weighted by Gasteiger charge is -2.31. The first-order valence-electron chi connectivity index (χ1n) is 9.78. The zero-order valence-corrected chi connectivity index (χ0v) is 16.7. The van der Waals surface area contributed by atoms with Gasteiger partial charge in [-0.2, -0.15) is 5.10 Å². The summed E-state index contributed by atoms with van der Waals surface area (Å²) in [4.78, 5) is 4.85. The van der Waals surface area contributed by atoms with E-state index in [0.717, 1.165) is 23.8 Å². The minimum absolute atomic E-state index is 0.619. The normalized spacial score (nSPS) is 17.9. The van der Waals surface area contributed by atoms with Gasteiger partial charge in [-0.15, -0.1) is 0 Å². The summed E-state index contributed by atoms with van der Waals surface area (Å²) in [5.41, 5.74) is 2.78. The molecule has 0 spiro atoms. The molecule has 1 aromatic carbocycles. The summed E-state index contributed by atoms with van der Waals surface area (Å²) >= 11 is 5.60. The second kappa shape index (κ2) is 7.53. The molecule has 0 atom stereocenters. The molecule has 5 nitrogen and oxygen atoms in total. The summed E-state index contributed by atoms with van der Waals surface area (Å²) < 4.78 is 4.89. The largest absolute Gasteiger partial charge is 0.371 e. The summed E-state index contributed by atoms with van der Waals surface area (Å²) in [5, 5.41) is 4.79. The van der Waals surface area contributed by atoms with E-state index in [0.29, 0.717) is 5.92 Å². The standard InChI is InChI=1S/C20H29N5S/c1-22(15-25-20(26)23(2)19(21-25)16-10-11-16)14-17-8-4-5-9-18(17)24-12-6-3-7-13-24/h4-5,8-9,16H,3,6-7,10-15H2,1-2H3. The second-order valence-corrected chi connectivity index (χ2v) is 8.17. The van der Waals surface area contributed by atoms with Crippen molar-refractivity contribution in [3.8, 4) is 0 Å². The van der Waals surface area contributed by atoms with Gasteiger partial charge in [0.15, 0.2) is 4.77 Å². The molecule has 1 aliphatic carbocycles. The molecule has 6 heteroatoms. The number of para-hydroxylation sites is 1. The van der Waals surface area contributed by atoms with E-state index < -0.39 is 0 Å². The fraction of sp³-hybridized carbons (Fsp3) is 0.600. The molecule has 0 bridgehead atoms. The summed E-state index contributed by atoms with van der Waals surface area (Å²) in [6.45, 7) is 3.99. The van der Waals surface area contributed by atoms with Gasteiger partial charge in [-0.1, -0.05) is 18.2 Å². The highest BCUT2D eigenvalue weighted by Crippen LogP contribution is 2.38. The van der Waals surface area contributed by atoms with Gasteiger partial charge in [-0.3, -0.25) is 4.90 Å². The van der Waals surface area contributed by atoms with E-state index in [1.54, 1.807) is 0 Å². The zero-order valence-electron chi connectivity index (χ0n) is 15.9. The van der Waals surface area contributed by atoms with Crippen LogP contribution < -0.4 is 4.90 Å². The zero-order chi connectivity index (χ0) is 18.1. The van der Waals surface area contributed by atoms with Gasteiger partial charge in [0.1, 0.15) is 5.82 Å². The Morgan fingerprint density at radius 3 is 2.62 bits per heavy atom. The molecular formula is C20H29N5S. The fourth-order valence-corrected chi connectivity index (χ4v) is 4.14. The van der Waals surface area contributed by atoms with E-state index in [1.807, 2.05) is 11.7 Å². The maximum Gasteiger partial charge on any atom is 0.198 e. The van der Waals surface area contributed by atoms with Gasteiger partial charge in [0, 0.05) is 38.3 Å². The van der Waals surface area contributed by atoms with Crippen LogP contribution in [0.1, 0.15) is 49.4 Å². The molecule has 2 aromatic rings. The molecule has 0 unspecified atom stereocenters. The van der Waals surface area contributed by atoms with Crippen LogP contribution in [0.3, 0.4) is 0 Å². The molecule has 140 valence electrons. The van der Waals surface area contributed by atoms with E-state index in [9.17, 15) is 0 Å². The van der Waals surface area contributed by atoms with Crippen molar-refractivity contribution in [2.45, 2.75) is 51.2 Å². The Bertz CT molecular complexity index is 814. The van der Waals surface area contributed by atoms with E-state index in [1.165, 1.54) is 56.4 Å². The molecule has 2 fully saturated rings. The third kappa shape index (κ3) is 3.71. The summed E-state index contributed by atoms with van der Waals surface area (Å²) in [6, 6.07) is 8.83. The molecule has 2 aliphatic rings. The van der Waals surface area contributed by atoms with Crippen LogP contribution in [0.2, 0.25) is 0 Å². The number of benzene rings is 1. The number of hydrogen-bond acceptors (Lipinski definition) is 4. The number of aromatic nitrogens is 3. The fourth-order valence-electron chi connectivity index (χ4n) is 3.95. The predicted octanol–water partition coefficient (Wildman–Crippen LogP) is 3.91. The lowest BCUT2D eigenvalue weighted by Crippen LogP contribution is -2.31. The predicted molar refractivity (Wildman–Crippen MR) is 108 cm³/mol. The number of nitrogens with zero attached hydrogens (tertiary/aromatic N) is 5. The number of anilines is 1. The molecule has 1 saturated carbocycles. The minimum Gasteiger partial charge on any atom is -0.371 e. The van der Waals surface area contributed by atoms with Crippen LogP contribution in [0, 0.1) is 4.77 Å². The summed E-state index contributed by atoms with van der Waals surface area (Å²) in [6.07, 6.45) is 6.46. The van der Waals surface area contributed by atoms with Crippen molar-refractivity contribution >= 4 is 17.9 Å². The van der Waals surface area contributed by atoms with Gasteiger partial charge in [0.05, 0.1) is 6.67 Å². The smallest absolute Gasteiger partial charge is 0.198 e. The Morgan fingerprint density at radius 2 is 1.88 bits per heavy atom. The lowest BCUT2D eigenvalue weighted by atomic mass is 10.1. The maximum atomic E-state index is 5.60. The SMILES string of the molecule is CN(Cc1ccccc1N1CCCCC1)Cn1nc(C2CC2)n(C)c1=S. The minimum atomic E-state index is 0.619. The molecule has 1 aliphatic heterocycles. The molecule has 0 radical (unpaired) electrons. The molecule has 4 rings (SSSR count). The molecular weight excluding hydrogens is 342 g/mol. The van der Waals surface area contributed by atoms with Crippen LogP contribution in [-0.4, -0.2) is 39.4 Å². The van der Waals surface area contributed by atoms with E-state index in [4.69, 9.17) is 17.3 Å². The van der Waals surface area contributed by atoms with E-state index >= 15 is 0 Å². The molecule has 1 saturated heterocycles. The van der Waals surface area contributed by atoms with Crippen LogP contribution >= 0.6 is 12.2 Å². The third-order valence-electron chi connectivity index (χ3n) is 5.52. The van der Waals surface area contributed by atoms with Crippen molar-refractivity contribution < 1.29 is 0 Å². The van der Waals surface area contributed by atoms with Gasteiger partial charge < -0.3 is 9.47 Å². The quantitative estimate of drug-likeness (QED) is 0.720. The molecule has 0 N–H and O–H groups in total. The average molecular weight is 372 g/mol. The van der Waals surface area contributed by atoms with Crippen molar-refractivity contribution in [1.82, 2.24) is 19.2 Å². The monoisotopic (exact) mass is 371 g/mol. The van der Waals surface area contributed by atoms with E-state index in [2.05, 4.69) is 45.7 Å². The van der Waals surface area contributed by atoms with Gasteiger partial charge in [0.25, 0.3) is 0 Å². The first kappa shape index (κ1) is 17.7. The summed E-state index contributed by atoms with van der Waals surface area (Å²) in [5.74, 6) is 1.77. The molecule has 26 heavy (non-hydrogen) atoms. The first-order chi connectivity index (χ1) is 12.6. The average Bonchev–Trinajstić information content (AvgIpc) is 3.46. The van der Waals surface area contributed by atoms with Gasteiger partial charge >= 0.3 is 0 Å². The van der Waals surface area contributed by atoms with Crippen molar-refractivity contribution in [1.29, 1.82) is 0 Å². The molecule has 1 aromatic heterocycles. The first-order valence-corrected chi connectivity index (χ1v) is 10.2. The van der Waals surface area contributed by atoms with Crippen molar-refractivity contribution in [2.24, 2.45) is 7.05 Å². The second-order valence-electron chi connectivity index (χ2n) is 7.81. The Morgan fingerprint density at radius 1 is 1.15 bits per heavy atom. The lowest BCUT2D eigenvalue weighted by molar-refractivity contribution is 0.243. The Kier molecular flexibility index (Phi) is 5.14. The van der Waals surface area contributed by atoms with Crippen LogP contribution in [0.5, 0.6) is 0 Å². The molecule has 0 amide bonds. The number of rotatable bonds is 6. The molecule has 2 heterocycles. The van der Waals surface area contributed by atoms with Crippen LogP contribution in [0.4, 0.5) is 5.69 Å². The van der Waals surface area contributed by atoms with Crippen molar-refractivity contribution in [3.63, 3.8) is 0 Å². The van der Waals surface area contributed by atoms with Gasteiger partial charge in [-0.05, 0) is 63.0 Å². The number of piperidine rings is 1. The Labute approximate surface area is 161 Å². The highest BCUT2D eigenvalue weighted by atomic mass is 32.1.